The van der Waals surface area contributed by atoms with Gasteiger partial charge in [-0.05, 0) is 11.1 Å². The zero-order valence-electron chi connectivity index (χ0n) is 21.2. The quantitative estimate of drug-likeness (QED) is 0.323. The highest BCUT2D eigenvalue weighted by molar-refractivity contribution is 6.08. The summed E-state index contributed by atoms with van der Waals surface area (Å²) in [6.45, 7) is 0. The Morgan fingerprint density at radius 3 is 1.40 bits per heavy atom. The van der Waals surface area contributed by atoms with Gasteiger partial charge in [0.2, 0.25) is 0 Å². The molecule has 0 aliphatic carbocycles. The fourth-order valence-electron chi connectivity index (χ4n) is 6.93. The zero-order valence-corrected chi connectivity index (χ0v) is 21.2. The van der Waals surface area contributed by atoms with Crippen LogP contribution in [0.5, 0.6) is 0 Å². The number of benzene rings is 4. The number of aliphatic imine (C=N–C) groups is 2. The maximum absolute atomic E-state index is 5.43. The molecule has 10 rings (SSSR count). The predicted molar refractivity (Wildman–Crippen MR) is 151 cm³/mol. The van der Waals surface area contributed by atoms with Gasteiger partial charge >= 0.3 is 0 Å². The number of rotatable bonds is 0. The Bertz CT molecular complexity index is 1960. The lowest BCUT2D eigenvalue weighted by molar-refractivity contribution is 0.0574. The molecule has 0 amide bonds. The Balaban J connectivity index is 1.37. The largest absolute Gasteiger partial charge is 0.324 e. The van der Waals surface area contributed by atoms with Crippen molar-refractivity contribution in [2.45, 2.75) is 24.7 Å². The van der Waals surface area contributed by atoms with Crippen molar-refractivity contribution in [1.82, 2.24) is 20.3 Å². The van der Waals surface area contributed by atoms with E-state index in [0.717, 1.165) is 66.8 Å². The summed E-state index contributed by atoms with van der Waals surface area (Å²) >= 11 is 0. The molecule has 5 aliphatic heterocycles. The number of hydrazine groups is 1. The fraction of sp³-hybridized carbons (Fsp3) is 0.125. The number of H-pyrrole nitrogens is 1. The number of aromatic nitrogens is 1. The van der Waals surface area contributed by atoms with Crippen LogP contribution in [0, 0.1) is 0 Å². The van der Waals surface area contributed by atoms with Gasteiger partial charge in [0.25, 0.3) is 0 Å². The Labute approximate surface area is 228 Å². The van der Waals surface area contributed by atoms with Crippen molar-refractivity contribution in [2.75, 3.05) is 0 Å². The monoisotopic (exact) mass is 518 g/mol. The van der Waals surface area contributed by atoms with Crippen LogP contribution in [0.25, 0.3) is 10.8 Å². The average Bonchev–Trinajstić information content (AvgIpc) is 3.72. The van der Waals surface area contributed by atoms with E-state index < -0.39 is 0 Å². The van der Waals surface area contributed by atoms with E-state index in [0.29, 0.717) is 0 Å². The molecule has 1 aromatic heterocycles. The van der Waals surface area contributed by atoms with Gasteiger partial charge in [-0.25, -0.2) is 30.0 Å². The number of amidine groups is 2. The second kappa shape index (κ2) is 7.31. The summed E-state index contributed by atoms with van der Waals surface area (Å²) < 4.78 is 0. The van der Waals surface area contributed by atoms with Gasteiger partial charge in [-0.15, -0.1) is 0 Å². The van der Waals surface area contributed by atoms with Gasteiger partial charge in [0, 0.05) is 33.0 Å². The smallest absolute Gasteiger partial charge is 0.170 e. The second-order valence-electron chi connectivity index (χ2n) is 10.7. The van der Waals surface area contributed by atoms with Crippen LogP contribution in [0.3, 0.4) is 0 Å². The van der Waals surface area contributed by atoms with E-state index in [1.165, 1.54) is 0 Å². The molecule has 0 fully saturated rings. The summed E-state index contributed by atoms with van der Waals surface area (Å²) in [5.74, 6) is 1.74. The minimum atomic E-state index is -0.341. The summed E-state index contributed by atoms with van der Waals surface area (Å²) in [7, 11) is 0. The molecule has 8 heteroatoms. The first-order chi connectivity index (χ1) is 19.8. The highest BCUT2D eigenvalue weighted by Gasteiger charge is 2.49. The van der Waals surface area contributed by atoms with Gasteiger partial charge in [-0.3, -0.25) is 5.32 Å². The van der Waals surface area contributed by atoms with Gasteiger partial charge in [-0.2, -0.15) is 0 Å². The van der Waals surface area contributed by atoms with E-state index in [9.17, 15) is 0 Å². The third kappa shape index (κ3) is 2.54. The lowest BCUT2D eigenvalue weighted by Gasteiger charge is -2.37. The molecule has 4 aromatic carbocycles. The van der Waals surface area contributed by atoms with Crippen molar-refractivity contribution >= 4 is 22.4 Å². The van der Waals surface area contributed by atoms with Crippen molar-refractivity contribution in [1.29, 1.82) is 0 Å². The highest BCUT2D eigenvalue weighted by Crippen LogP contribution is 2.47. The van der Waals surface area contributed by atoms with Crippen molar-refractivity contribution in [3.63, 3.8) is 0 Å². The molecule has 5 aliphatic rings. The van der Waals surface area contributed by atoms with Crippen LogP contribution in [-0.2, 0) is 0 Å². The van der Waals surface area contributed by atoms with Crippen LogP contribution in [0.15, 0.2) is 117 Å². The minimum absolute atomic E-state index is 0.219. The van der Waals surface area contributed by atoms with Gasteiger partial charge in [0.15, 0.2) is 24.0 Å². The first kappa shape index (κ1) is 20.8. The van der Waals surface area contributed by atoms with Crippen LogP contribution in [-0.4, -0.2) is 26.7 Å². The molecule has 5 aromatic rings. The normalized spacial score (nSPS) is 27.9. The molecule has 190 valence electrons. The predicted octanol–water partition coefficient (Wildman–Crippen LogP) is 4.17. The molecular weight excluding hydrogens is 496 g/mol. The van der Waals surface area contributed by atoms with Crippen LogP contribution in [0.4, 0.5) is 0 Å². The van der Waals surface area contributed by atoms with E-state index in [4.69, 9.17) is 20.0 Å². The second-order valence-corrected chi connectivity index (χ2v) is 10.7. The van der Waals surface area contributed by atoms with E-state index in [-0.39, 0.29) is 24.7 Å². The summed E-state index contributed by atoms with van der Waals surface area (Å²) in [5, 5.41) is 10.3. The van der Waals surface area contributed by atoms with E-state index in [2.05, 4.69) is 117 Å². The number of aromatic amines is 1. The van der Waals surface area contributed by atoms with E-state index >= 15 is 0 Å². The van der Waals surface area contributed by atoms with Gasteiger partial charge in [0.1, 0.15) is 23.3 Å². The number of hydrogen-bond donors (Lipinski definition) is 2. The molecule has 0 saturated heterocycles. The van der Waals surface area contributed by atoms with Gasteiger partial charge in [0.05, 0.1) is 0 Å². The van der Waals surface area contributed by atoms with Crippen LogP contribution < -0.4 is 16.3 Å². The molecule has 2 N–H and O–H groups in total. The van der Waals surface area contributed by atoms with Crippen LogP contribution in [0.1, 0.15) is 58.0 Å². The lowest BCUT2D eigenvalue weighted by Crippen LogP contribution is -2.47. The maximum atomic E-state index is 5.43. The molecular formula is C32H22N8. The molecule has 4 atom stereocenters. The molecule has 40 heavy (non-hydrogen) atoms. The van der Waals surface area contributed by atoms with Crippen molar-refractivity contribution in [3.8, 4) is 0 Å². The maximum Gasteiger partial charge on any atom is 0.170 e. The van der Waals surface area contributed by atoms with E-state index in [1.807, 2.05) is 0 Å². The van der Waals surface area contributed by atoms with Crippen molar-refractivity contribution in [3.05, 3.63) is 141 Å². The minimum Gasteiger partial charge on any atom is -0.324 e. The number of fused-ring (bicyclic) bond motifs is 16. The lowest BCUT2D eigenvalue weighted by atomic mass is 10.1. The van der Waals surface area contributed by atoms with Crippen molar-refractivity contribution in [2.24, 2.45) is 20.0 Å². The van der Waals surface area contributed by atoms with Crippen molar-refractivity contribution < 1.29 is 0 Å². The Kier molecular flexibility index (Phi) is 3.81. The Morgan fingerprint density at radius 2 is 0.900 bits per heavy atom. The third-order valence-electron chi connectivity index (χ3n) is 8.67. The molecule has 0 spiro atoms. The Morgan fingerprint density at radius 1 is 0.475 bits per heavy atom. The summed E-state index contributed by atoms with van der Waals surface area (Å²) in [5.41, 5.74) is 8.35. The SMILES string of the molecule is c1ccc2c(c1)/C1=N/C3NC(/N=C4/c5ccccc5C5/N=c6\[nH]c(c7ccccc67)=NC2N1N45)c1ccccc13. The van der Waals surface area contributed by atoms with Gasteiger partial charge in [-0.1, -0.05) is 97.1 Å². The molecule has 8 nitrogen and oxygen atoms in total. The summed E-state index contributed by atoms with van der Waals surface area (Å²) in [6, 6.07) is 33.8. The van der Waals surface area contributed by atoms with Gasteiger partial charge < -0.3 is 4.98 Å². The first-order valence-corrected chi connectivity index (χ1v) is 13.6. The highest BCUT2D eigenvalue weighted by atomic mass is 15.7. The molecule has 6 heterocycles. The molecule has 4 bridgehead atoms. The summed E-state index contributed by atoms with van der Waals surface area (Å²) in [6.07, 6.45) is -1.12. The fourth-order valence-corrected chi connectivity index (χ4v) is 6.93. The molecule has 0 saturated carbocycles. The van der Waals surface area contributed by atoms with Crippen LogP contribution in [0.2, 0.25) is 0 Å². The summed E-state index contributed by atoms with van der Waals surface area (Å²) in [4.78, 5) is 25.2. The van der Waals surface area contributed by atoms with E-state index in [1.54, 1.807) is 0 Å². The number of nitrogens with zero attached hydrogens (tertiary/aromatic N) is 6. The number of nitrogens with one attached hydrogen (secondary N) is 2. The molecule has 4 unspecified atom stereocenters. The molecule has 0 radical (unpaired) electrons. The standard InChI is InChI=1S/C32H22N8/c1-2-10-18-17(9-1)25-33-26(18)36-30-23-15-7-8-16-24(23)32-38-28-20-12-4-3-11-19(20)27(34-28)37-31-22-14-6-5-13-21(22)29(35-25)39(31)40(30)32/h1-16,25-26,31-33H,(H,34,37,38)/b35-29-,36-30-. The average molecular weight is 519 g/mol. The topological polar surface area (TPSA) is 83.7 Å². The van der Waals surface area contributed by atoms with Crippen LogP contribution >= 0.6 is 0 Å². The number of hydrogen-bond acceptors (Lipinski definition) is 7. The Hall–Kier alpha value is -5.08. The third-order valence-corrected chi connectivity index (χ3v) is 8.67. The first-order valence-electron chi connectivity index (χ1n) is 13.6. The zero-order chi connectivity index (χ0) is 25.9.